The van der Waals surface area contributed by atoms with E-state index in [2.05, 4.69) is 180 Å². The summed E-state index contributed by atoms with van der Waals surface area (Å²) < 4.78 is 42.6. The number of alkyl carbamates (subject to hydrolysis) is 2. The van der Waals surface area contributed by atoms with E-state index in [4.69, 9.17) is 57.9 Å². The molecule has 6 aromatic rings. The Morgan fingerprint density at radius 3 is 1.12 bits per heavy atom. The van der Waals surface area contributed by atoms with Gasteiger partial charge in [0, 0.05) is 95.8 Å². The number of ether oxygens (including phenoxy) is 8. The second-order valence-electron chi connectivity index (χ2n) is 38.1. The predicted molar refractivity (Wildman–Crippen MR) is 604 cm³/mol. The maximum Gasteiger partial charge on any atom is 0.519 e. The highest BCUT2D eigenvalue weighted by atomic mass is 79.9. The van der Waals surface area contributed by atoms with Gasteiger partial charge >= 0.3 is 42.4 Å². The zero-order chi connectivity index (χ0) is 108. The maximum absolute atomic E-state index is 11.7. The number of carboxylic acid groups (broad SMARTS) is 2. The molecule has 3 amide bonds. The number of halogens is 5. The monoisotopic (exact) mass is 2290 g/mol. The summed E-state index contributed by atoms with van der Waals surface area (Å²) in [6.07, 6.45) is 30.8. The number of aliphatic carboxylic acids is 2. The number of primary amides is 1. The number of allylic oxidation sites excluding steroid dienone is 2. The van der Waals surface area contributed by atoms with Crippen molar-refractivity contribution in [2.45, 2.75) is 384 Å². The van der Waals surface area contributed by atoms with Crippen LogP contribution in [0.4, 0.5) is 19.2 Å². The second-order valence-corrected chi connectivity index (χ2v) is 41.7. The van der Waals surface area contributed by atoms with E-state index in [1.54, 1.807) is 48.5 Å². The number of aryl methyl sites for hydroxylation is 6. The van der Waals surface area contributed by atoms with Gasteiger partial charge in [-0.1, -0.05) is 260 Å². The molecule has 0 bridgehead atoms. The predicted octanol–water partition coefficient (Wildman–Crippen LogP) is 29.4. The first kappa shape index (κ1) is 144. The molecule has 2 fully saturated rings. The molecule has 8 rings (SSSR count). The molecule has 0 aromatic heterocycles. The molecule has 2 saturated heterocycles. The number of rotatable bonds is 40. The molecule has 0 saturated carbocycles. The largest absolute Gasteiger partial charge is 0.519 e. The third-order valence-corrected chi connectivity index (χ3v) is 21.6. The molecule has 814 valence electrons. The summed E-state index contributed by atoms with van der Waals surface area (Å²) in [4.78, 5) is 96.8. The summed E-state index contributed by atoms with van der Waals surface area (Å²) >= 11 is 13.4. The zero-order valence-electron chi connectivity index (χ0n) is 90.4. The van der Waals surface area contributed by atoms with Crippen LogP contribution in [0.1, 0.15) is 356 Å². The molecule has 2 heterocycles. The first-order chi connectivity index (χ1) is 66.9. The number of carboxylic acids is 2. The van der Waals surface area contributed by atoms with Crippen LogP contribution in [-0.4, -0.2) is 152 Å². The van der Waals surface area contributed by atoms with Gasteiger partial charge in [0.2, 0.25) is 5.91 Å². The van der Waals surface area contributed by atoms with Crippen molar-refractivity contribution >= 4 is 144 Å². The van der Waals surface area contributed by atoms with Gasteiger partial charge in [0.05, 0.1) is 12.2 Å². The molecule has 144 heavy (non-hydrogen) atoms. The number of nitrogens with two attached hydrogens (primary N) is 2. The fourth-order valence-corrected chi connectivity index (χ4v) is 14.4. The van der Waals surface area contributed by atoms with Crippen LogP contribution in [0.2, 0.25) is 0 Å². The average Bonchev–Trinajstić information content (AvgIpc) is 0.867. The number of aliphatic hydroxyl groups is 1. The lowest BCUT2D eigenvalue weighted by atomic mass is 9.83. The molecule has 1 unspecified atom stereocenters. The zero-order valence-corrected chi connectivity index (χ0v) is 97.6. The Balaban J connectivity index is -0.000000505. The summed E-state index contributed by atoms with van der Waals surface area (Å²) in [5.41, 5.74) is 18.7. The van der Waals surface area contributed by atoms with Crippen LogP contribution in [0, 0.1) is 0 Å². The lowest BCUT2D eigenvalue weighted by molar-refractivity contribution is -0.140. The molecular weight excluding hydrogens is 2110 g/mol. The lowest BCUT2D eigenvalue weighted by Crippen LogP contribution is -2.33. The van der Waals surface area contributed by atoms with Gasteiger partial charge in [-0.15, -0.1) is 12.4 Å². The number of unbranched alkanes of at least 4 members (excludes halogenated alkanes) is 6. The van der Waals surface area contributed by atoms with Crippen LogP contribution in [0.3, 0.4) is 0 Å². The first-order valence-electron chi connectivity index (χ1n) is 50.6. The number of benzene rings is 6. The van der Waals surface area contributed by atoms with Crippen molar-refractivity contribution in [3.8, 4) is 0 Å². The molecule has 1 atom stereocenters. The lowest BCUT2D eigenvalue weighted by Gasteiger charge is -2.29. The number of hydrogen-bond donors (Lipinski definition) is 8. The summed E-state index contributed by atoms with van der Waals surface area (Å²) in [6, 6.07) is 48.8. The Morgan fingerprint density at radius 2 is 0.812 bits per heavy atom. The SMILES string of the molecule is C1CCOC1.CC(C)(C)OC(=O)NCCCc1cccc(Br)c1.CC(C)(C)OC(=O)OC(=O)OC(C)(C)C.CCC/C=C(\CCCC)c1cccc(CCCN)c1.CCCCC(=O)CCCC.CCCCC(O)(CCCC)c1cccc(CCCNC(=O)OC(C)(C)C)c1.CCOC(C)=O.Cl.N.NC(=O)CCc1cccc(Br)c1.O=C(O)CCc1cccc(Br)c1.O=C(O)CCc1cccc(Br)c1.[B]C1CCCO1. The quantitative estimate of drug-likeness (QED) is 0.00582. The summed E-state index contributed by atoms with van der Waals surface area (Å²) in [7, 11) is 5.31. The maximum atomic E-state index is 11.7. The van der Waals surface area contributed by atoms with E-state index < -0.39 is 52.3 Å². The smallest absolute Gasteiger partial charge is 0.481 e. The fraction of sp³-hybridized carbons (Fsp3) is 0.584. The summed E-state index contributed by atoms with van der Waals surface area (Å²) in [5.74, 6) is -1.53. The second kappa shape index (κ2) is 87.9. The first-order valence-corrected chi connectivity index (χ1v) is 53.7. The summed E-state index contributed by atoms with van der Waals surface area (Å²) in [5, 5.41) is 33.7. The minimum atomic E-state index is -1.06. The van der Waals surface area contributed by atoms with Crippen LogP contribution >= 0.6 is 76.1 Å². The number of nitrogens with one attached hydrogen (secondary N) is 2. The highest BCUT2D eigenvalue weighted by molar-refractivity contribution is 9.11. The van der Waals surface area contributed by atoms with Crippen molar-refractivity contribution in [1.82, 2.24) is 16.8 Å². The number of hydrogen-bond acceptors (Lipinski definition) is 20. The number of amides is 3. The van der Waals surface area contributed by atoms with Crippen molar-refractivity contribution in [3.63, 3.8) is 0 Å². The van der Waals surface area contributed by atoms with Crippen LogP contribution in [0.5, 0.6) is 0 Å². The van der Waals surface area contributed by atoms with Gasteiger partial charge in [0.15, 0.2) is 0 Å². The highest BCUT2D eigenvalue weighted by Crippen LogP contribution is 2.34. The van der Waals surface area contributed by atoms with Crippen molar-refractivity contribution in [2.75, 3.05) is 46.1 Å². The number of ketones is 1. The Morgan fingerprint density at radius 1 is 0.451 bits per heavy atom. The van der Waals surface area contributed by atoms with E-state index in [0.717, 1.165) is 201 Å². The number of carbonyl (C=O) groups is 9. The van der Waals surface area contributed by atoms with E-state index in [1.807, 2.05) is 139 Å². The van der Waals surface area contributed by atoms with Gasteiger partial charge in [-0.05, 0) is 324 Å². The van der Waals surface area contributed by atoms with Gasteiger partial charge in [0.25, 0.3) is 0 Å². The van der Waals surface area contributed by atoms with Crippen molar-refractivity contribution in [2.24, 2.45) is 11.5 Å². The molecule has 2 aliphatic heterocycles. The van der Waals surface area contributed by atoms with Crippen LogP contribution < -0.4 is 28.3 Å². The third-order valence-electron chi connectivity index (χ3n) is 19.6. The fourth-order valence-electron chi connectivity index (χ4n) is 12.6. The van der Waals surface area contributed by atoms with Crippen molar-refractivity contribution < 1.29 is 96.4 Å². The Kier molecular flexibility index (Phi) is 88.2. The van der Waals surface area contributed by atoms with Gasteiger partial charge in [0.1, 0.15) is 36.0 Å². The molecule has 6 aromatic carbocycles. The van der Waals surface area contributed by atoms with E-state index in [1.165, 1.54) is 79.7 Å². The van der Waals surface area contributed by atoms with Gasteiger partial charge in [-0.2, -0.15) is 0 Å². The minimum Gasteiger partial charge on any atom is -0.481 e. The molecule has 12 N–H and O–H groups in total. The van der Waals surface area contributed by atoms with Crippen LogP contribution in [-0.2, 0) is 106 Å². The molecule has 25 nitrogen and oxygen atoms in total. The van der Waals surface area contributed by atoms with E-state index in [9.17, 15) is 48.3 Å². The van der Waals surface area contributed by atoms with Gasteiger partial charge < -0.3 is 81.5 Å². The third kappa shape index (κ3) is 92.6. The van der Waals surface area contributed by atoms with Crippen molar-refractivity contribution in [1.29, 1.82) is 0 Å². The van der Waals surface area contributed by atoms with E-state index in [-0.39, 0.29) is 61.5 Å². The number of carbonyl (C=O) groups excluding carboxylic acids is 7. The minimum absolute atomic E-state index is 0. The number of esters is 1. The van der Waals surface area contributed by atoms with Gasteiger partial charge in [-0.3, -0.25) is 24.0 Å². The Bertz CT molecular complexity index is 4240. The molecule has 0 aliphatic carbocycles. The molecule has 31 heteroatoms. The Labute approximate surface area is 906 Å². The highest BCUT2D eigenvalue weighted by Gasteiger charge is 2.29. The summed E-state index contributed by atoms with van der Waals surface area (Å²) in [6.45, 7) is 42.7. The van der Waals surface area contributed by atoms with E-state index in [0.29, 0.717) is 44.7 Å². The Hall–Kier alpha value is -8.04. The normalized spacial score (nSPS) is 12.2. The average molecular weight is 2290 g/mol. The van der Waals surface area contributed by atoms with Crippen molar-refractivity contribution in [3.05, 3.63) is 214 Å². The molecule has 2 radical (unpaired) electrons. The topological polar surface area (TPSA) is 399 Å². The molecule has 0 spiro atoms. The van der Waals surface area contributed by atoms with Crippen LogP contribution in [0.15, 0.2) is 170 Å². The van der Waals surface area contributed by atoms with Gasteiger partial charge in [-0.25, -0.2) is 19.2 Å². The van der Waals surface area contributed by atoms with E-state index >= 15 is 0 Å². The number of Topliss-reactive ketones (excluding diaryl/α,β-unsaturated/α-hetero) is 1. The van der Waals surface area contributed by atoms with Crippen LogP contribution in [0.25, 0.3) is 5.57 Å². The molecular formula is C113H179BBr4ClN5O20. The molecule has 2 aliphatic rings. The standard InChI is InChI=1S/C23H39NO3.C18H29N.C14H20BrNO2.C10H18O5.C9H10BrNO.2C9H9BrO2.C9H18O.C4H7BO.C4H8O2.C4H8O.ClH.H3N/c1-6-8-15-23(26,16-9-7-2)20-14-10-12-19(18-20)13-11-17-24-21(25)27-22(3,4)5;1-3-5-11-17(12-6-4-2)18-13-7-9-16(15-18)10-8-14-19;1-14(2,3)18-13(17)16-9-5-7-11-6-4-8-12(15)10-11;1-9(2,3)14-7(11)13-8(12)15-10(4,5)6;3*10-8-3-1-2-7(6-8)4-5-9(11)12;1-3-5-7-9(10)8-6-4-2;5-4-2-1-3-6-4;1-3-6-4(2)5;1-2-4-5-3-1;;/h10,12,14,18,26H,6-9,11,13,15-17H2,1-5H3,(H,24,25);7,9,11,13,15H,3-6,8,10,12,14,19H2,1-2H3;4,6,8,10H,5,7,9H2,1-3H3,(H,16,17);1-6H3;1-3,6H,4-5H2,(H2,11,12);2*1-3,6H,4-5H2,(H,11,12);3-8H2,1-2H3;4H,1-3H2;3H2,1-2H3;1-4H2;1H;1H3/b;17-11+;;;;;;;;;;;.